The maximum Gasteiger partial charge on any atom is 0.259 e. The molecule has 0 bridgehead atoms. The molecule has 6 heteroatoms. The summed E-state index contributed by atoms with van der Waals surface area (Å²) in [4.78, 5) is 11.8. The lowest BCUT2D eigenvalue weighted by Gasteiger charge is -2.13. The van der Waals surface area contributed by atoms with Crippen molar-refractivity contribution in [2.45, 2.75) is 13.0 Å². The number of hydrogen-bond acceptors (Lipinski definition) is 4. The van der Waals surface area contributed by atoms with Crippen LogP contribution in [-0.4, -0.2) is 27.2 Å². The fraction of sp³-hybridized carbons (Fsp3) is 0.200. The monoisotopic (exact) mass is 240 g/mol. The van der Waals surface area contributed by atoms with E-state index in [4.69, 9.17) is 18.0 Å². The molecule has 1 amide bonds. The summed E-state index contributed by atoms with van der Waals surface area (Å²) in [5, 5.41) is 21.3. The first-order chi connectivity index (χ1) is 7.43. The first-order valence-corrected chi connectivity index (χ1v) is 4.95. The highest BCUT2D eigenvalue weighted by Gasteiger charge is 2.18. The van der Waals surface area contributed by atoms with Crippen molar-refractivity contribution in [3.63, 3.8) is 0 Å². The highest BCUT2D eigenvalue weighted by atomic mass is 32.1. The van der Waals surface area contributed by atoms with Gasteiger partial charge in [-0.1, -0.05) is 18.3 Å². The zero-order valence-electron chi connectivity index (χ0n) is 8.60. The lowest BCUT2D eigenvalue weighted by Crippen LogP contribution is -2.41. The number of phenols is 2. The van der Waals surface area contributed by atoms with Crippen LogP contribution in [0.4, 0.5) is 0 Å². The Morgan fingerprint density at radius 1 is 1.44 bits per heavy atom. The van der Waals surface area contributed by atoms with Crippen LogP contribution < -0.4 is 11.1 Å². The van der Waals surface area contributed by atoms with Gasteiger partial charge in [0, 0.05) is 0 Å². The zero-order valence-corrected chi connectivity index (χ0v) is 9.41. The van der Waals surface area contributed by atoms with Crippen molar-refractivity contribution in [2.75, 3.05) is 0 Å². The van der Waals surface area contributed by atoms with Gasteiger partial charge < -0.3 is 21.3 Å². The van der Waals surface area contributed by atoms with E-state index in [0.29, 0.717) is 0 Å². The summed E-state index contributed by atoms with van der Waals surface area (Å²) >= 11 is 4.69. The Balaban J connectivity index is 2.93. The summed E-state index contributed by atoms with van der Waals surface area (Å²) in [5.41, 5.74) is 5.14. The Hall–Kier alpha value is -1.82. The molecular weight excluding hydrogens is 228 g/mol. The summed E-state index contributed by atoms with van der Waals surface area (Å²) in [6.07, 6.45) is 0. The molecule has 0 radical (unpaired) electrons. The van der Waals surface area contributed by atoms with Gasteiger partial charge in [-0.25, -0.2) is 0 Å². The normalized spacial score (nSPS) is 11.8. The molecule has 1 atom stereocenters. The maximum absolute atomic E-state index is 11.7. The first kappa shape index (κ1) is 12.3. The van der Waals surface area contributed by atoms with Gasteiger partial charge in [-0.05, 0) is 19.1 Å². The number of amides is 1. The second-order valence-corrected chi connectivity index (χ2v) is 3.74. The van der Waals surface area contributed by atoms with Crippen LogP contribution in [0.1, 0.15) is 17.3 Å². The lowest BCUT2D eigenvalue weighted by molar-refractivity contribution is 0.0944. The van der Waals surface area contributed by atoms with Crippen molar-refractivity contribution in [3.05, 3.63) is 23.8 Å². The molecule has 1 aromatic rings. The number of thiocarbonyl (C=S) groups is 1. The third kappa shape index (κ3) is 2.60. The molecule has 0 saturated heterocycles. The number of nitrogens with one attached hydrogen (secondary N) is 1. The summed E-state index contributed by atoms with van der Waals surface area (Å²) in [7, 11) is 0. The zero-order chi connectivity index (χ0) is 12.3. The number of rotatable bonds is 3. The van der Waals surface area contributed by atoms with Crippen LogP contribution in [0.25, 0.3) is 0 Å². The number of hydrogen-bond donors (Lipinski definition) is 4. The van der Waals surface area contributed by atoms with Gasteiger partial charge in [-0.15, -0.1) is 0 Å². The predicted octanol–water partition coefficient (Wildman–Crippen LogP) is 0.502. The minimum Gasteiger partial charge on any atom is -0.507 e. The quantitative estimate of drug-likeness (QED) is 0.577. The second kappa shape index (κ2) is 4.80. The van der Waals surface area contributed by atoms with Crippen molar-refractivity contribution in [2.24, 2.45) is 5.73 Å². The third-order valence-electron chi connectivity index (χ3n) is 2.02. The molecule has 1 unspecified atom stereocenters. The van der Waals surface area contributed by atoms with Crippen LogP contribution >= 0.6 is 12.2 Å². The molecule has 1 aromatic carbocycles. The lowest BCUT2D eigenvalue weighted by atomic mass is 10.1. The third-order valence-corrected chi connectivity index (χ3v) is 2.38. The predicted molar refractivity (Wildman–Crippen MR) is 63.5 cm³/mol. The molecule has 0 aliphatic rings. The average molecular weight is 240 g/mol. The Labute approximate surface area is 97.9 Å². The van der Waals surface area contributed by atoms with Crippen LogP contribution in [0.5, 0.6) is 11.5 Å². The molecule has 0 fully saturated rings. The Bertz CT molecular complexity index is 414. The van der Waals surface area contributed by atoms with E-state index >= 15 is 0 Å². The van der Waals surface area contributed by atoms with Gasteiger partial charge in [-0.2, -0.15) is 0 Å². The van der Waals surface area contributed by atoms with Gasteiger partial charge >= 0.3 is 0 Å². The number of benzene rings is 1. The largest absolute Gasteiger partial charge is 0.507 e. The molecule has 0 heterocycles. The van der Waals surface area contributed by atoms with Crippen LogP contribution in [0.3, 0.4) is 0 Å². The Morgan fingerprint density at radius 3 is 2.38 bits per heavy atom. The molecule has 0 aromatic heterocycles. The van der Waals surface area contributed by atoms with E-state index in [1.165, 1.54) is 18.2 Å². The van der Waals surface area contributed by atoms with Crippen LogP contribution in [-0.2, 0) is 0 Å². The number of carbonyl (C=O) groups is 1. The van der Waals surface area contributed by atoms with Crippen LogP contribution in [0, 0.1) is 0 Å². The first-order valence-electron chi connectivity index (χ1n) is 4.54. The summed E-state index contributed by atoms with van der Waals surface area (Å²) < 4.78 is 0. The summed E-state index contributed by atoms with van der Waals surface area (Å²) in [6, 6.07) is 3.53. The Kier molecular flexibility index (Phi) is 3.68. The minimum absolute atomic E-state index is 0.128. The van der Waals surface area contributed by atoms with E-state index in [1.54, 1.807) is 6.92 Å². The van der Waals surface area contributed by atoms with E-state index < -0.39 is 11.9 Å². The molecule has 0 aliphatic heterocycles. The molecule has 0 saturated carbocycles. The SMILES string of the molecule is CC(NC(=O)c1c(O)cccc1O)C(N)=S. The summed E-state index contributed by atoms with van der Waals surface area (Å²) in [5.74, 6) is -1.23. The van der Waals surface area contributed by atoms with Crippen LogP contribution in [0.2, 0.25) is 0 Å². The number of phenolic OH excluding ortho intramolecular Hbond substituents is 2. The smallest absolute Gasteiger partial charge is 0.259 e. The molecule has 1 rings (SSSR count). The van der Waals surface area contributed by atoms with Crippen molar-refractivity contribution in [1.29, 1.82) is 0 Å². The van der Waals surface area contributed by atoms with E-state index in [-0.39, 0.29) is 22.1 Å². The van der Waals surface area contributed by atoms with Crippen LogP contribution in [0.15, 0.2) is 18.2 Å². The minimum atomic E-state index is -0.629. The number of nitrogens with two attached hydrogens (primary N) is 1. The fourth-order valence-electron chi connectivity index (χ4n) is 1.10. The molecule has 16 heavy (non-hydrogen) atoms. The van der Waals surface area contributed by atoms with Gasteiger partial charge in [0.05, 0.1) is 11.0 Å². The highest BCUT2D eigenvalue weighted by molar-refractivity contribution is 7.80. The van der Waals surface area contributed by atoms with Crippen molar-refractivity contribution in [1.82, 2.24) is 5.32 Å². The highest BCUT2D eigenvalue weighted by Crippen LogP contribution is 2.25. The molecular formula is C10H12N2O3S. The van der Waals surface area contributed by atoms with Gasteiger partial charge in [-0.3, -0.25) is 4.79 Å². The second-order valence-electron chi connectivity index (χ2n) is 3.27. The van der Waals surface area contributed by atoms with E-state index in [9.17, 15) is 15.0 Å². The molecule has 86 valence electrons. The molecule has 5 nitrogen and oxygen atoms in total. The number of carbonyl (C=O) groups excluding carboxylic acids is 1. The van der Waals surface area contributed by atoms with E-state index in [0.717, 1.165) is 0 Å². The van der Waals surface area contributed by atoms with Gasteiger partial charge in [0.25, 0.3) is 5.91 Å². The Morgan fingerprint density at radius 2 is 1.94 bits per heavy atom. The fourth-order valence-corrected chi connectivity index (χ4v) is 1.16. The number of aromatic hydroxyl groups is 2. The van der Waals surface area contributed by atoms with Gasteiger partial charge in [0.15, 0.2) is 0 Å². The van der Waals surface area contributed by atoms with E-state index in [1.807, 2.05) is 0 Å². The standard InChI is InChI=1S/C10H12N2O3S/c1-5(9(11)16)12-10(15)8-6(13)3-2-4-7(8)14/h2-5,13-14H,1H3,(H2,11,16)(H,12,15). The van der Waals surface area contributed by atoms with Crippen molar-refractivity contribution < 1.29 is 15.0 Å². The molecule has 5 N–H and O–H groups in total. The van der Waals surface area contributed by atoms with Crippen molar-refractivity contribution in [3.8, 4) is 11.5 Å². The van der Waals surface area contributed by atoms with E-state index in [2.05, 4.69) is 5.32 Å². The van der Waals surface area contributed by atoms with Gasteiger partial charge in [0.2, 0.25) is 0 Å². The topological polar surface area (TPSA) is 95.6 Å². The maximum atomic E-state index is 11.7. The summed E-state index contributed by atoms with van der Waals surface area (Å²) in [6.45, 7) is 1.61. The molecule has 0 aliphatic carbocycles. The molecule has 0 spiro atoms. The van der Waals surface area contributed by atoms with Crippen molar-refractivity contribution >= 4 is 23.1 Å². The average Bonchev–Trinajstić information content (AvgIpc) is 2.16. The van der Waals surface area contributed by atoms with Gasteiger partial charge in [0.1, 0.15) is 17.1 Å².